The van der Waals surface area contributed by atoms with Crippen molar-refractivity contribution in [3.05, 3.63) is 58.4 Å². The van der Waals surface area contributed by atoms with Crippen LogP contribution in [-0.4, -0.2) is 12.5 Å². The van der Waals surface area contributed by atoms with E-state index >= 15 is 0 Å². The van der Waals surface area contributed by atoms with Crippen molar-refractivity contribution >= 4 is 28.9 Å². The van der Waals surface area contributed by atoms with Crippen molar-refractivity contribution in [3.63, 3.8) is 0 Å². The number of hydrogen-bond donors (Lipinski definition) is 2. The van der Waals surface area contributed by atoms with E-state index in [4.69, 9.17) is 11.6 Å². The first-order chi connectivity index (χ1) is 10.5. The predicted molar refractivity (Wildman–Crippen MR) is 89.1 cm³/mol. The van der Waals surface area contributed by atoms with Crippen LogP contribution in [-0.2, 0) is 11.2 Å². The number of halogens is 2. The summed E-state index contributed by atoms with van der Waals surface area (Å²) in [6.07, 6.45) is 0.888. The lowest BCUT2D eigenvalue weighted by Gasteiger charge is -2.14. The van der Waals surface area contributed by atoms with Gasteiger partial charge in [0, 0.05) is 11.4 Å². The van der Waals surface area contributed by atoms with Crippen LogP contribution in [0.2, 0.25) is 5.02 Å². The number of para-hydroxylation sites is 1. The summed E-state index contributed by atoms with van der Waals surface area (Å²) in [6, 6.07) is 10.1. The zero-order valence-corrected chi connectivity index (χ0v) is 13.3. The monoisotopic (exact) mass is 320 g/mol. The largest absolute Gasteiger partial charge is 0.376 e. The molecular formula is C17H18ClFN2O. The van der Waals surface area contributed by atoms with Gasteiger partial charge in [0.05, 0.1) is 11.6 Å². The molecule has 0 saturated carbocycles. The van der Waals surface area contributed by atoms with E-state index in [0.717, 1.165) is 23.2 Å². The second kappa shape index (κ2) is 7.27. The Balaban J connectivity index is 2.00. The molecule has 0 fully saturated rings. The first-order valence-corrected chi connectivity index (χ1v) is 7.46. The SMILES string of the molecule is CCc1cccc(C)c1NCC(=O)Nc1ccc(F)c(Cl)c1. The Morgan fingerprint density at radius 3 is 2.73 bits per heavy atom. The van der Waals surface area contributed by atoms with Gasteiger partial charge in [-0.1, -0.05) is 36.7 Å². The molecule has 2 N–H and O–H groups in total. The number of anilines is 2. The molecule has 0 heterocycles. The van der Waals surface area contributed by atoms with Crippen molar-refractivity contribution in [1.29, 1.82) is 0 Å². The third-order valence-electron chi connectivity index (χ3n) is 3.37. The highest BCUT2D eigenvalue weighted by atomic mass is 35.5. The van der Waals surface area contributed by atoms with Gasteiger partial charge in [0.2, 0.25) is 5.91 Å². The molecule has 3 nitrogen and oxygen atoms in total. The molecule has 2 rings (SSSR count). The topological polar surface area (TPSA) is 41.1 Å². The van der Waals surface area contributed by atoms with E-state index in [-0.39, 0.29) is 17.5 Å². The van der Waals surface area contributed by atoms with Gasteiger partial charge in [0.1, 0.15) is 5.82 Å². The summed E-state index contributed by atoms with van der Waals surface area (Å²) in [7, 11) is 0. The summed E-state index contributed by atoms with van der Waals surface area (Å²) in [5, 5.41) is 5.83. The van der Waals surface area contributed by atoms with E-state index in [0.29, 0.717) is 5.69 Å². The number of nitrogens with one attached hydrogen (secondary N) is 2. The van der Waals surface area contributed by atoms with Gasteiger partial charge in [0.15, 0.2) is 0 Å². The Hall–Kier alpha value is -2.07. The fourth-order valence-electron chi connectivity index (χ4n) is 2.22. The molecule has 0 aromatic heterocycles. The van der Waals surface area contributed by atoms with Crippen molar-refractivity contribution in [1.82, 2.24) is 0 Å². The maximum Gasteiger partial charge on any atom is 0.243 e. The lowest BCUT2D eigenvalue weighted by molar-refractivity contribution is -0.114. The summed E-state index contributed by atoms with van der Waals surface area (Å²) in [6.45, 7) is 4.20. The first kappa shape index (κ1) is 16.3. The number of amides is 1. The summed E-state index contributed by atoms with van der Waals surface area (Å²) in [4.78, 5) is 12.0. The summed E-state index contributed by atoms with van der Waals surface area (Å²) < 4.78 is 13.1. The number of benzene rings is 2. The number of carbonyl (C=O) groups excluding carboxylic acids is 1. The van der Waals surface area contributed by atoms with E-state index in [9.17, 15) is 9.18 Å². The van der Waals surface area contributed by atoms with Gasteiger partial charge in [-0.25, -0.2) is 4.39 Å². The van der Waals surface area contributed by atoms with Crippen LogP contribution in [0.5, 0.6) is 0 Å². The average Bonchev–Trinajstić information content (AvgIpc) is 2.49. The molecule has 0 unspecified atom stereocenters. The summed E-state index contributed by atoms with van der Waals surface area (Å²) >= 11 is 5.69. The van der Waals surface area contributed by atoms with Crippen LogP contribution in [0.15, 0.2) is 36.4 Å². The van der Waals surface area contributed by atoms with Crippen molar-refractivity contribution in [2.45, 2.75) is 20.3 Å². The Labute approximate surface area is 134 Å². The van der Waals surface area contributed by atoms with Crippen LogP contribution in [0, 0.1) is 12.7 Å². The van der Waals surface area contributed by atoms with Crippen LogP contribution in [0.1, 0.15) is 18.1 Å². The lowest BCUT2D eigenvalue weighted by Crippen LogP contribution is -2.22. The molecule has 1 amide bonds. The number of carbonyl (C=O) groups is 1. The summed E-state index contributed by atoms with van der Waals surface area (Å²) in [5.41, 5.74) is 3.71. The van der Waals surface area contributed by atoms with Crippen LogP contribution < -0.4 is 10.6 Å². The second-order valence-electron chi connectivity index (χ2n) is 4.99. The minimum Gasteiger partial charge on any atom is -0.376 e. The third kappa shape index (κ3) is 3.98. The van der Waals surface area contributed by atoms with Crippen LogP contribution in [0.4, 0.5) is 15.8 Å². The van der Waals surface area contributed by atoms with Gasteiger partial charge in [-0.05, 0) is 42.7 Å². The maximum atomic E-state index is 13.1. The lowest BCUT2D eigenvalue weighted by atomic mass is 10.1. The van der Waals surface area contributed by atoms with Gasteiger partial charge in [-0.2, -0.15) is 0 Å². The molecule has 116 valence electrons. The Morgan fingerprint density at radius 2 is 2.05 bits per heavy atom. The Kier molecular flexibility index (Phi) is 5.39. The fourth-order valence-corrected chi connectivity index (χ4v) is 2.40. The molecule has 0 saturated heterocycles. The van der Waals surface area contributed by atoms with Crippen molar-refractivity contribution in [2.24, 2.45) is 0 Å². The van der Waals surface area contributed by atoms with Gasteiger partial charge in [-0.15, -0.1) is 0 Å². The molecule has 0 bridgehead atoms. The van der Waals surface area contributed by atoms with Crippen LogP contribution in [0.3, 0.4) is 0 Å². The molecule has 0 radical (unpaired) electrons. The minimum atomic E-state index is -0.509. The van der Waals surface area contributed by atoms with E-state index in [1.165, 1.54) is 18.2 Å². The van der Waals surface area contributed by atoms with Crippen molar-refractivity contribution < 1.29 is 9.18 Å². The van der Waals surface area contributed by atoms with E-state index < -0.39 is 5.82 Å². The van der Waals surface area contributed by atoms with Crippen molar-refractivity contribution in [3.8, 4) is 0 Å². The smallest absolute Gasteiger partial charge is 0.243 e. The van der Waals surface area contributed by atoms with Gasteiger partial charge >= 0.3 is 0 Å². The van der Waals surface area contributed by atoms with Gasteiger partial charge < -0.3 is 10.6 Å². The molecule has 0 aliphatic rings. The molecule has 5 heteroatoms. The zero-order chi connectivity index (χ0) is 16.1. The molecule has 22 heavy (non-hydrogen) atoms. The highest BCUT2D eigenvalue weighted by molar-refractivity contribution is 6.31. The molecule has 0 spiro atoms. The van der Waals surface area contributed by atoms with Crippen LogP contribution in [0.25, 0.3) is 0 Å². The standard InChI is InChI=1S/C17H18ClFN2O/c1-3-12-6-4-5-11(2)17(12)20-10-16(22)21-13-7-8-15(19)14(18)9-13/h4-9,20H,3,10H2,1-2H3,(H,21,22). The van der Waals surface area contributed by atoms with Crippen molar-refractivity contribution in [2.75, 3.05) is 17.2 Å². The molecule has 2 aromatic rings. The Morgan fingerprint density at radius 1 is 1.27 bits per heavy atom. The highest BCUT2D eigenvalue weighted by Gasteiger charge is 2.08. The minimum absolute atomic E-state index is 0.0158. The van der Waals surface area contributed by atoms with Gasteiger partial charge in [-0.3, -0.25) is 4.79 Å². The predicted octanol–water partition coefficient (Wildman–Crippen LogP) is 4.40. The zero-order valence-electron chi connectivity index (χ0n) is 12.5. The van der Waals surface area contributed by atoms with E-state index in [1.807, 2.05) is 25.1 Å². The normalized spacial score (nSPS) is 10.4. The first-order valence-electron chi connectivity index (χ1n) is 7.08. The molecular weight excluding hydrogens is 303 g/mol. The molecule has 0 atom stereocenters. The number of aryl methyl sites for hydroxylation is 2. The molecule has 0 aliphatic carbocycles. The number of rotatable bonds is 5. The quantitative estimate of drug-likeness (QED) is 0.857. The number of hydrogen-bond acceptors (Lipinski definition) is 2. The van der Waals surface area contributed by atoms with E-state index in [1.54, 1.807) is 0 Å². The third-order valence-corrected chi connectivity index (χ3v) is 3.66. The molecule has 2 aromatic carbocycles. The Bertz CT molecular complexity index is 688. The maximum absolute atomic E-state index is 13.1. The van der Waals surface area contributed by atoms with E-state index in [2.05, 4.69) is 17.6 Å². The average molecular weight is 321 g/mol. The summed E-state index contributed by atoms with van der Waals surface area (Å²) in [5.74, 6) is -0.724. The van der Waals surface area contributed by atoms with Crippen LogP contribution >= 0.6 is 11.6 Å². The van der Waals surface area contributed by atoms with Gasteiger partial charge in [0.25, 0.3) is 0 Å². The second-order valence-corrected chi connectivity index (χ2v) is 5.40. The highest BCUT2D eigenvalue weighted by Crippen LogP contribution is 2.21. The fraction of sp³-hybridized carbons (Fsp3) is 0.235. The molecule has 0 aliphatic heterocycles.